The number of sulfonamides is 1. The predicted octanol–water partition coefficient (Wildman–Crippen LogP) is 2.41. The van der Waals surface area contributed by atoms with Crippen molar-refractivity contribution < 1.29 is 13.2 Å². The van der Waals surface area contributed by atoms with Crippen molar-refractivity contribution in [1.29, 1.82) is 0 Å². The number of nitrogens with zero attached hydrogens (tertiary/aromatic N) is 1. The van der Waals surface area contributed by atoms with Crippen molar-refractivity contribution in [1.82, 2.24) is 0 Å². The Morgan fingerprint density at radius 2 is 1.86 bits per heavy atom. The van der Waals surface area contributed by atoms with Crippen LogP contribution in [-0.2, 0) is 10.0 Å². The molecule has 0 saturated carbocycles. The van der Waals surface area contributed by atoms with Crippen LogP contribution in [0, 0.1) is 6.92 Å². The summed E-state index contributed by atoms with van der Waals surface area (Å²) in [5.74, 6) is 0.601. The lowest BCUT2D eigenvalue weighted by Gasteiger charge is -2.21. The monoisotopic (exact) mass is 306 g/mol. The molecule has 0 bridgehead atoms. The fraction of sp³-hybridized carbons (Fsp3) is 0.200. The summed E-state index contributed by atoms with van der Waals surface area (Å²) in [6.07, 6.45) is 0. The molecule has 0 heterocycles. The lowest BCUT2D eigenvalue weighted by Crippen LogP contribution is -2.27. The second-order valence-electron chi connectivity index (χ2n) is 4.70. The zero-order chi connectivity index (χ0) is 15.6. The van der Waals surface area contributed by atoms with Crippen LogP contribution in [0.15, 0.2) is 47.4 Å². The van der Waals surface area contributed by atoms with Crippen molar-refractivity contribution in [2.75, 3.05) is 24.2 Å². The van der Waals surface area contributed by atoms with Gasteiger partial charge < -0.3 is 10.5 Å². The van der Waals surface area contributed by atoms with Crippen LogP contribution in [0.4, 0.5) is 11.4 Å². The van der Waals surface area contributed by atoms with Crippen LogP contribution in [0.5, 0.6) is 5.75 Å². The average molecular weight is 306 g/mol. The van der Waals surface area contributed by atoms with E-state index in [-0.39, 0.29) is 4.90 Å². The molecule has 0 radical (unpaired) electrons. The molecule has 21 heavy (non-hydrogen) atoms. The Labute approximate surface area is 125 Å². The number of hydrogen-bond acceptors (Lipinski definition) is 4. The first-order valence-electron chi connectivity index (χ1n) is 6.35. The molecule has 0 fully saturated rings. The molecule has 0 aliphatic heterocycles. The summed E-state index contributed by atoms with van der Waals surface area (Å²) in [6, 6.07) is 11.6. The fourth-order valence-corrected chi connectivity index (χ4v) is 3.45. The van der Waals surface area contributed by atoms with Crippen LogP contribution >= 0.6 is 0 Å². The number of anilines is 2. The molecule has 2 aromatic rings. The minimum atomic E-state index is -3.64. The summed E-state index contributed by atoms with van der Waals surface area (Å²) in [5, 5.41) is 0. The molecular weight excluding hydrogens is 288 g/mol. The molecule has 0 atom stereocenters. The maximum atomic E-state index is 12.7. The summed E-state index contributed by atoms with van der Waals surface area (Å²) in [6.45, 7) is 1.72. The number of benzene rings is 2. The van der Waals surface area contributed by atoms with Gasteiger partial charge in [-0.3, -0.25) is 4.31 Å². The number of ether oxygens (including phenoxy) is 1. The molecule has 2 N–H and O–H groups in total. The van der Waals surface area contributed by atoms with Crippen molar-refractivity contribution in [2.24, 2.45) is 0 Å². The Kier molecular flexibility index (Phi) is 4.09. The van der Waals surface area contributed by atoms with E-state index >= 15 is 0 Å². The highest BCUT2D eigenvalue weighted by Gasteiger charge is 2.23. The highest BCUT2D eigenvalue weighted by Crippen LogP contribution is 2.27. The first-order valence-corrected chi connectivity index (χ1v) is 7.79. The van der Waals surface area contributed by atoms with Crippen LogP contribution in [0.25, 0.3) is 0 Å². The van der Waals surface area contributed by atoms with E-state index in [1.165, 1.54) is 24.5 Å². The molecule has 0 aliphatic rings. The van der Waals surface area contributed by atoms with Crippen LogP contribution in [0.1, 0.15) is 5.56 Å². The van der Waals surface area contributed by atoms with Gasteiger partial charge in [-0.2, -0.15) is 0 Å². The molecule has 2 aromatic carbocycles. The minimum absolute atomic E-state index is 0.238. The molecule has 5 nitrogen and oxygen atoms in total. The van der Waals surface area contributed by atoms with Gasteiger partial charge in [0.2, 0.25) is 0 Å². The SMILES string of the molecule is COc1cccc(N(C)S(=O)(=O)c2ccc(N)cc2C)c1. The van der Waals surface area contributed by atoms with Gasteiger partial charge in [-0.1, -0.05) is 6.07 Å². The summed E-state index contributed by atoms with van der Waals surface area (Å²) < 4.78 is 31.8. The fourth-order valence-electron chi connectivity index (χ4n) is 2.05. The van der Waals surface area contributed by atoms with Gasteiger partial charge in [-0.05, 0) is 42.8 Å². The third-order valence-corrected chi connectivity index (χ3v) is 5.20. The molecule has 2 rings (SSSR count). The number of hydrogen-bond donors (Lipinski definition) is 1. The van der Waals surface area contributed by atoms with Crippen molar-refractivity contribution in [3.63, 3.8) is 0 Å². The number of methoxy groups -OCH3 is 1. The summed E-state index contributed by atoms with van der Waals surface area (Å²) in [4.78, 5) is 0.238. The Morgan fingerprint density at radius 3 is 2.48 bits per heavy atom. The maximum Gasteiger partial charge on any atom is 0.264 e. The maximum absolute atomic E-state index is 12.7. The molecule has 0 unspecified atom stereocenters. The quantitative estimate of drug-likeness (QED) is 0.880. The van der Waals surface area contributed by atoms with Gasteiger partial charge in [0.25, 0.3) is 10.0 Å². The Morgan fingerprint density at radius 1 is 1.14 bits per heavy atom. The largest absolute Gasteiger partial charge is 0.497 e. The second kappa shape index (κ2) is 5.65. The van der Waals surface area contributed by atoms with E-state index in [1.54, 1.807) is 43.3 Å². The number of rotatable bonds is 4. The van der Waals surface area contributed by atoms with Crippen molar-refractivity contribution in [3.8, 4) is 5.75 Å². The van der Waals surface area contributed by atoms with E-state index in [9.17, 15) is 8.42 Å². The van der Waals surface area contributed by atoms with Gasteiger partial charge in [-0.25, -0.2) is 8.42 Å². The van der Waals surface area contributed by atoms with Crippen LogP contribution in [-0.4, -0.2) is 22.6 Å². The molecule has 0 spiro atoms. The van der Waals surface area contributed by atoms with E-state index in [0.717, 1.165) is 0 Å². The second-order valence-corrected chi connectivity index (χ2v) is 6.64. The van der Waals surface area contributed by atoms with Gasteiger partial charge in [0.15, 0.2) is 0 Å². The number of nitrogen functional groups attached to an aromatic ring is 1. The molecule has 0 aromatic heterocycles. The topological polar surface area (TPSA) is 72.6 Å². The van der Waals surface area contributed by atoms with E-state index in [2.05, 4.69) is 0 Å². The van der Waals surface area contributed by atoms with Crippen LogP contribution in [0.3, 0.4) is 0 Å². The average Bonchev–Trinajstić information content (AvgIpc) is 2.46. The smallest absolute Gasteiger partial charge is 0.264 e. The highest BCUT2D eigenvalue weighted by molar-refractivity contribution is 7.92. The Hall–Kier alpha value is -2.21. The van der Waals surface area contributed by atoms with Gasteiger partial charge in [-0.15, -0.1) is 0 Å². The first-order chi connectivity index (χ1) is 9.86. The summed E-state index contributed by atoms with van der Waals surface area (Å²) in [5.41, 5.74) is 7.36. The third-order valence-electron chi connectivity index (χ3n) is 3.25. The Bertz CT molecular complexity index is 757. The zero-order valence-corrected chi connectivity index (χ0v) is 13.0. The van der Waals surface area contributed by atoms with Crippen LogP contribution < -0.4 is 14.8 Å². The normalized spacial score (nSPS) is 11.2. The van der Waals surface area contributed by atoms with E-state index in [1.807, 2.05) is 0 Å². The van der Waals surface area contributed by atoms with Crippen molar-refractivity contribution >= 4 is 21.4 Å². The van der Waals surface area contributed by atoms with Crippen LogP contribution in [0.2, 0.25) is 0 Å². The minimum Gasteiger partial charge on any atom is -0.497 e. The Balaban J connectivity index is 2.47. The summed E-state index contributed by atoms with van der Waals surface area (Å²) in [7, 11) is -0.589. The van der Waals surface area contributed by atoms with E-state index < -0.39 is 10.0 Å². The zero-order valence-electron chi connectivity index (χ0n) is 12.2. The van der Waals surface area contributed by atoms with E-state index in [4.69, 9.17) is 10.5 Å². The van der Waals surface area contributed by atoms with Gasteiger partial charge in [0.05, 0.1) is 17.7 Å². The van der Waals surface area contributed by atoms with Gasteiger partial charge >= 0.3 is 0 Å². The number of aryl methyl sites for hydroxylation is 1. The highest BCUT2D eigenvalue weighted by atomic mass is 32.2. The summed E-state index contributed by atoms with van der Waals surface area (Å²) >= 11 is 0. The standard InChI is InChI=1S/C15H18N2O3S/c1-11-9-12(16)7-8-15(11)21(18,19)17(2)13-5-4-6-14(10-13)20-3/h4-10H,16H2,1-3H3. The van der Waals surface area contributed by atoms with Gasteiger partial charge in [0, 0.05) is 18.8 Å². The predicted molar refractivity (Wildman–Crippen MR) is 84.2 cm³/mol. The lowest BCUT2D eigenvalue weighted by molar-refractivity contribution is 0.415. The first kappa shape index (κ1) is 15.2. The molecular formula is C15H18N2O3S. The molecule has 0 amide bonds. The molecule has 112 valence electrons. The van der Waals surface area contributed by atoms with E-state index in [0.29, 0.717) is 22.7 Å². The number of nitrogens with two attached hydrogens (primary N) is 1. The molecule has 0 saturated heterocycles. The lowest BCUT2D eigenvalue weighted by atomic mass is 10.2. The third kappa shape index (κ3) is 2.95. The van der Waals surface area contributed by atoms with Gasteiger partial charge in [0.1, 0.15) is 5.75 Å². The molecule has 6 heteroatoms. The van der Waals surface area contributed by atoms with Crippen molar-refractivity contribution in [3.05, 3.63) is 48.0 Å². The molecule has 0 aliphatic carbocycles. The van der Waals surface area contributed by atoms with Crippen molar-refractivity contribution in [2.45, 2.75) is 11.8 Å².